The van der Waals surface area contributed by atoms with Crippen LogP contribution in [0.3, 0.4) is 0 Å². The van der Waals surface area contributed by atoms with E-state index in [1.54, 1.807) is 24.3 Å². The van der Waals surface area contributed by atoms with Crippen LogP contribution in [0.25, 0.3) is 11.4 Å². The van der Waals surface area contributed by atoms with Crippen molar-refractivity contribution in [2.45, 2.75) is 31.6 Å². The Hall–Kier alpha value is -4.19. The molecule has 0 aliphatic carbocycles. The Kier molecular flexibility index (Phi) is 6.89. The highest BCUT2D eigenvalue weighted by atomic mass is 19.4. The Morgan fingerprint density at radius 1 is 1.13 bits per heavy atom. The lowest BCUT2D eigenvalue weighted by molar-refractivity contribution is -0.137. The van der Waals surface area contributed by atoms with E-state index in [1.165, 1.54) is 12.1 Å². The molecule has 9 nitrogen and oxygen atoms in total. The van der Waals surface area contributed by atoms with E-state index in [1.807, 2.05) is 0 Å². The van der Waals surface area contributed by atoms with Gasteiger partial charge in [0.15, 0.2) is 5.82 Å². The molecule has 0 spiro atoms. The highest BCUT2D eigenvalue weighted by Crippen LogP contribution is 2.35. The van der Waals surface area contributed by atoms with Gasteiger partial charge in [0, 0.05) is 30.3 Å². The number of rotatable bonds is 8. The largest absolute Gasteiger partial charge is 0.457 e. The van der Waals surface area contributed by atoms with Crippen molar-refractivity contribution in [1.29, 1.82) is 0 Å². The molecule has 0 saturated carbocycles. The maximum atomic E-state index is 13.3. The van der Waals surface area contributed by atoms with Crippen LogP contribution in [0.2, 0.25) is 0 Å². The Balaban J connectivity index is 1.38. The van der Waals surface area contributed by atoms with Crippen molar-refractivity contribution in [2.24, 2.45) is 5.73 Å². The number of nitrogens with two attached hydrogens (primary N) is 1. The predicted molar refractivity (Wildman–Crippen MR) is 132 cm³/mol. The number of anilines is 1. The standard InChI is InChI=1S/C26H25F3N6O3/c27-26(28,29)17-4-7-21(16(12-17)14-35-10-1-11-35)38-18-5-2-15(3-6-18)24-33-20(23(30)36)13-22(34-24)32-19-8-9-31-25(19)37/h2-7,12-13,19H,1,8-11,14H2,(H2,30,36)(H,31,37)(H,32,33,34). The minimum atomic E-state index is -4.45. The highest BCUT2D eigenvalue weighted by molar-refractivity contribution is 5.92. The van der Waals surface area contributed by atoms with E-state index < -0.39 is 23.7 Å². The normalized spacial score (nSPS) is 17.6. The molecule has 2 fully saturated rings. The molecule has 1 aromatic heterocycles. The van der Waals surface area contributed by atoms with Gasteiger partial charge in [-0.1, -0.05) is 0 Å². The topological polar surface area (TPSA) is 122 Å². The average Bonchev–Trinajstić information content (AvgIpc) is 3.25. The summed E-state index contributed by atoms with van der Waals surface area (Å²) in [5.41, 5.74) is 5.71. The molecule has 2 aromatic carbocycles. The van der Waals surface area contributed by atoms with Crippen LogP contribution in [0.4, 0.5) is 19.0 Å². The monoisotopic (exact) mass is 526 g/mol. The van der Waals surface area contributed by atoms with Crippen molar-refractivity contribution in [3.8, 4) is 22.9 Å². The van der Waals surface area contributed by atoms with Gasteiger partial charge >= 0.3 is 6.18 Å². The molecule has 3 aromatic rings. The van der Waals surface area contributed by atoms with Crippen LogP contribution in [-0.2, 0) is 17.5 Å². The number of likely N-dealkylation sites (tertiary alicyclic amines) is 1. The molecule has 2 amide bonds. The fourth-order valence-electron chi connectivity index (χ4n) is 4.25. The summed E-state index contributed by atoms with van der Waals surface area (Å²) in [5.74, 6) is 0.332. The summed E-state index contributed by atoms with van der Waals surface area (Å²) in [4.78, 5) is 34.5. The van der Waals surface area contributed by atoms with Gasteiger partial charge in [-0.2, -0.15) is 13.2 Å². The minimum Gasteiger partial charge on any atom is -0.457 e. The molecule has 38 heavy (non-hydrogen) atoms. The molecule has 4 N–H and O–H groups in total. The SMILES string of the molecule is NC(=O)c1cc(NC2CCNC2=O)nc(-c2ccc(Oc3ccc(C(F)(F)F)cc3CN3CCC3)cc2)n1. The Labute approximate surface area is 216 Å². The van der Waals surface area contributed by atoms with Crippen molar-refractivity contribution < 1.29 is 27.5 Å². The molecule has 3 heterocycles. The molecular formula is C26H25F3N6O3. The fraction of sp³-hybridized carbons (Fsp3) is 0.308. The number of benzene rings is 2. The Morgan fingerprint density at radius 3 is 2.50 bits per heavy atom. The maximum absolute atomic E-state index is 13.3. The summed E-state index contributed by atoms with van der Waals surface area (Å²) in [6, 6.07) is 11.0. The van der Waals surface area contributed by atoms with Crippen LogP contribution >= 0.6 is 0 Å². The lowest BCUT2D eigenvalue weighted by atomic mass is 10.1. The predicted octanol–water partition coefficient (Wildman–Crippen LogP) is 3.56. The number of hydrogen-bond acceptors (Lipinski definition) is 7. The van der Waals surface area contributed by atoms with Gasteiger partial charge in [-0.3, -0.25) is 14.5 Å². The molecule has 12 heteroatoms. The van der Waals surface area contributed by atoms with Gasteiger partial charge in [0.2, 0.25) is 5.91 Å². The number of carbonyl (C=O) groups excluding carboxylic acids is 2. The first-order valence-electron chi connectivity index (χ1n) is 12.1. The smallest absolute Gasteiger partial charge is 0.416 e. The molecule has 5 rings (SSSR count). The summed E-state index contributed by atoms with van der Waals surface area (Å²) >= 11 is 0. The summed E-state index contributed by atoms with van der Waals surface area (Å²) in [6.07, 6.45) is -2.86. The molecule has 2 aliphatic heterocycles. The van der Waals surface area contributed by atoms with Crippen LogP contribution in [0.15, 0.2) is 48.5 Å². The molecule has 2 aliphatic rings. The third-order valence-electron chi connectivity index (χ3n) is 6.42. The molecule has 0 radical (unpaired) electrons. The van der Waals surface area contributed by atoms with Gasteiger partial charge in [0.25, 0.3) is 5.91 Å². The first-order valence-corrected chi connectivity index (χ1v) is 12.1. The molecule has 0 bridgehead atoms. The molecular weight excluding hydrogens is 501 g/mol. The van der Waals surface area contributed by atoms with Gasteiger partial charge in [0.1, 0.15) is 29.1 Å². The number of aromatic nitrogens is 2. The van der Waals surface area contributed by atoms with E-state index in [0.717, 1.165) is 31.6 Å². The fourth-order valence-corrected chi connectivity index (χ4v) is 4.25. The lowest BCUT2D eigenvalue weighted by Crippen LogP contribution is -2.36. The van der Waals surface area contributed by atoms with Crippen LogP contribution in [-0.4, -0.2) is 52.4 Å². The summed E-state index contributed by atoms with van der Waals surface area (Å²) in [7, 11) is 0. The van der Waals surface area contributed by atoms with Crippen molar-refractivity contribution in [3.63, 3.8) is 0 Å². The summed E-state index contributed by atoms with van der Waals surface area (Å²) in [5, 5.41) is 5.73. The number of amides is 2. The Bertz CT molecular complexity index is 1360. The number of nitrogens with one attached hydrogen (secondary N) is 2. The van der Waals surface area contributed by atoms with Crippen LogP contribution in [0.5, 0.6) is 11.5 Å². The van der Waals surface area contributed by atoms with Gasteiger partial charge < -0.3 is 21.1 Å². The number of alkyl halides is 3. The zero-order chi connectivity index (χ0) is 26.9. The summed E-state index contributed by atoms with van der Waals surface area (Å²) < 4.78 is 45.8. The first-order chi connectivity index (χ1) is 18.2. The van der Waals surface area contributed by atoms with E-state index in [9.17, 15) is 22.8 Å². The first kappa shape index (κ1) is 25.5. The average molecular weight is 527 g/mol. The second-order valence-electron chi connectivity index (χ2n) is 9.18. The minimum absolute atomic E-state index is 0.0170. The highest BCUT2D eigenvalue weighted by Gasteiger charge is 2.32. The van der Waals surface area contributed by atoms with E-state index in [0.29, 0.717) is 42.1 Å². The maximum Gasteiger partial charge on any atom is 0.416 e. The third-order valence-corrected chi connectivity index (χ3v) is 6.42. The van der Waals surface area contributed by atoms with E-state index in [2.05, 4.69) is 25.5 Å². The van der Waals surface area contributed by atoms with Crippen molar-refractivity contribution in [3.05, 3.63) is 65.4 Å². The molecule has 1 atom stereocenters. The van der Waals surface area contributed by atoms with Crippen molar-refractivity contribution >= 4 is 17.6 Å². The zero-order valence-electron chi connectivity index (χ0n) is 20.2. The summed E-state index contributed by atoms with van der Waals surface area (Å²) in [6.45, 7) is 2.56. The molecule has 2 saturated heterocycles. The zero-order valence-corrected chi connectivity index (χ0v) is 20.2. The van der Waals surface area contributed by atoms with Gasteiger partial charge in [0.05, 0.1) is 5.56 Å². The number of carbonyl (C=O) groups is 2. The Morgan fingerprint density at radius 2 is 1.89 bits per heavy atom. The van der Waals surface area contributed by atoms with E-state index >= 15 is 0 Å². The quantitative estimate of drug-likeness (QED) is 0.410. The van der Waals surface area contributed by atoms with Gasteiger partial charge in [-0.25, -0.2) is 9.97 Å². The van der Waals surface area contributed by atoms with Crippen LogP contribution in [0, 0.1) is 0 Å². The van der Waals surface area contributed by atoms with E-state index in [4.69, 9.17) is 10.5 Å². The number of nitrogens with zero attached hydrogens (tertiary/aromatic N) is 3. The molecule has 198 valence electrons. The van der Waals surface area contributed by atoms with Gasteiger partial charge in [-0.05, 0) is 68.4 Å². The van der Waals surface area contributed by atoms with Crippen molar-refractivity contribution in [2.75, 3.05) is 25.0 Å². The second-order valence-corrected chi connectivity index (χ2v) is 9.18. The van der Waals surface area contributed by atoms with Crippen molar-refractivity contribution in [1.82, 2.24) is 20.2 Å². The number of hydrogen-bond donors (Lipinski definition) is 3. The number of primary amides is 1. The van der Waals surface area contributed by atoms with Crippen LogP contribution < -0.4 is 21.1 Å². The van der Waals surface area contributed by atoms with Crippen LogP contribution in [0.1, 0.15) is 34.5 Å². The van der Waals surface area contributed by atoms with E-state index in [-0.39, 0.29) is 23.2 Å². The third kappa shape index (κ3) is 5.70. The molecule has 1 unspecified atom stereocenters. The number of halogens is 3. The number of ether oxygens (including phenoxy) is 1. The lowest BCUT2D eigenvalue weighted by Gasteiger charge is -2.31. The second kappa shape index (κ2) is 10.3. The van der Waals surface area contributed by atoms with Gasteiger partial charge in [-0.15, -0.1) is 0 Å².